The van der Waals surface area contributed by atoms with Crippen LogP contribution in [-0.2, 0) is 4.79 Å². The SMILES string of the molecule is CC#CCCC(=O)C(N)C(C)(C)C. The molecule has 0 aliphatic rings. The third-order valence-electron chi connectivity index (χ3n) is 1.95. The van der Waals surface area contributed by atoms with Crippen LogP contribution in [0.25, 0.3) is 0 Å². The third-order valence-corrected chi connectivity index (χ3v) is 1.95. The summed E-state index contributed by atoms with van der Waals surface area (Å²) in [5, 5.41) is 0. The fourth-order valence-corrected chi connectivity index (χ4v) is 0.949. The number of hydrogen-bond donors (Lipinski definition) is 1. The van der Waals surface area contributed by atoms with Crippen molar-refractivity contribution in [3.63, 3.8) is 0 Å². The fourth-order valence-electron chi connectivity index (χ4n) is 0.949. The molecule has 0 aromatic carbocycles. The van der Waals surface area contributed by atoms with Gasteiger partial charge in [-0.25, -0.2) is 0 Å². The molecule has 0 radical (unpaired) electrons. The topological polar surface area (TPSA) is 43.1 Å². The molecule has 0 aromatic heterocycles. The van der Waals surface area contributed by atoms with Gasteiger partial charge in [0.1, 0.15) is 0 Å². The van der Waals surface area contributed by atoms with Crippen molar-refractivity contribution in [2.24, 2.45) is 11.1 Å². The Kier molecular flexibility index (Phi) is 4.72. The average molecular weight is 181 g/mol. The smallest absolute Gasteiger partial charge is 0.151 e. The number of hydrogen-bond acceptors (Lipinski definition) is 2. The highest BCUT2D eigenvalue weighted by Crippen LogP contribution is 2.19. The Morgan fingerprint density at radius 2 is 2.00 bits per heavy atom. The number of carbonyl (C=O) groups is 1. The van der Waals surface area contributed by atoms with Crippen LogP contribution in [0.2, 0.25) is 0 Å². The van der Waals surface area contributed by atoms with Gasteiger partial charge >= 0.3 is 0 Å². The van der Waals surface area contributed by atoms with Crippen LogP contribution in [0.3, 0.4) is 0 Å². The molecular weight excluding hydrogens is 162 g/mol. The van der Waals surface area contributed by atoms with Crippen LogP contribution < -0.4 is 5.73 Å². The Hall–Kier alpha value is -0.810. The first-order chi connectivity index (χ1) is 5.89. The minimum atomic E-state index is -0.369. The molecule has 74 valence electrons. The van der Waals surface area contributed by atoms with E-state index in [4.69, 9.17) is 5.73 Å². The maximum absolute atomic E-state index is 11.5. The molecule has 2 N–H and O–H groups in total. The summed E-state index contributed by atoms with van der Waals surface area (Å²) in [5.74, 6) is 5.72. The zero-order valence-electron chi connectivity index (χ0n) is 8.98. The van der Waals surface area contributed by atoms with Gasteiger partial charge in [0.2, 0.25) is 0 Å². The molecule has 0 aromatic rings. The van der Waals surface area contributed by atoms with Gasteiger partial charge in [0.05, 0.1) is 6.04 Å². The predicted octanol–water partition coefficient (Wildman–Crippen LogP) is 1.73. The van der Waals surface area contributed by atoms with Crippen LogP contribution in [0.15, 0.2) is 0 Å². The molecular formula is C11H19NO. The van der Waals surface area contributed by atoms with E-state index >= 15 is 0 Å². The summed E-state index contributed by atoms with van der Waals surface area (Å²) in [6.07, 6.45) is 1.10. The molecule has 0 rings (SSSR count). The van der Waals surface area contributed by atoms with Gasteiger partial charge in [0.25, 0.3) is 0 Å². The summed E-state index contributed by atoms with van der Waals surface area (Å²) in [6, 6.07) is -0.369. The van der Waals surface area contributed by atoms with E-state index < -0.39 is 0 Å². The van der Waals surface area contributed by atoms with E-state index in [2.05, 4.69) is 11.8 Å². The van der Waals surface area contributed by atoms with E-state index in [0.717, 1.165) is 0 Å². The zero-order valence-corrected chi connectivity index (χ0v) is 8.98. The molecule has 13 heavy (non-hydrogen) atoms. The van der Waals surface area contributed by atoms with Gasteiger partial charge in [0.15, 0.2) is 5.78 Å². The van der Waals surface area contributed by atoms with Crippen molar-refractivity contribution < 1.29 is 4.79 Å². The Morgan fingerprint density at radius 3 is 2.38 bits per heavy atom. The summed E-state index contributed by atoms with van der Waals surface area (Å²) in [7, 11) is 0. The molecule has 2 nitrogen and oxygen atoms in total. The lowest BCUT2D eigenvalue weighted by molar-refractivity contribution is -0.122. The van der Waals surface area contributed by atoms with Crippen molar-refractivity contribution >= 4 is 5.78 Å². The minimum absolute atomic E-state index is 0.107. The molecule has 0 saturated heterocycles. The Labute approximate surface area is 80.9 Å². The maximum atomic E-state index is 11.5. The second kappa shape index (κ2) is 5.04. The standard InChI is InChI=1S/C11H19NO/c1-5-6-7-8-9(13)10(12)11(2,3)4/h10H,7-8,12H2,1-4H3. The molecule has 0 aliphatic heterocycles. The lowest BCUT2D eigenvalue weighted by Gasteiger charge is -2.25. The third kappa shape index (κ3) is 4.69. The largest absolute Gasteiger partial charge is 0.321 e. The van der Waals surface area contributed by atoms with E-state index in [-0.39, 0.29) is 17.2 Å². The number of nitrogens with two attached hydrogens (primary N) is 1. The Balaban J connectivity index is 4.02. The van der Waals surface area contributed by atoms with Gasteiger partial charge < -0.3 is 5.73 Å². The summed E-state index contributed by atoms with van der Waals surface area (Å²) >= 11 is 0. The predicted molar refractivity (Wildman–Crippen MR) is 55.1 cm³/mol. The summed E-state index contributed by atoms with van der Waals surface area (Å²) in [4.78, 5) is 11.5. The van der Waals surface area contributed by atoms with Crippen LogP contribution in [0, 0.1) is 17.3 Å². The molecule has 0 spiro atoms. The summed E-state index contributed by atoms with van der Waals surface area (Å²) in [6.45, 7) is 7.69. The van der Waals surface area contributed by atoms with E-state index in [9.17, 15) is 4.79 Å². The van der Waals surface area contributed by atoms with Gasteiger partial charge in [-0.2, -0.15) is 0 Å². The molecule has 1 atom stereocenters. The lowest BCUT2D eigenvalue weighted by Crippen LogP contribution is -2.42. The summed E-state index contributed by atoms with van der Waals surface area (Å²) in [5.41, 5.74) is 5.64. The minimum Gasteiger partial charge on any atom is -0.321 e. The molecule has 2 heteroatoms. The van der Waals surface area contributed by atoms with Gasteiger partial charge in [-0.3, -0.25) is 4.79 Å². The van der Waals surface area contributed by atoms with E-state index in [0.29, 0.717) is 12.8 Å². The van der Waals surface area contributed by atoms with Crippen LogP contribution in [0.1, 0.15) is 40.5 Å². The second-order valence-corrected chi connectivity index (χ2v) is 4.24. The van der Waals surface area contributed by atoms with Crippen molar-refractivity contribution in [2.75, 3.05) is 0 Å². The summed E-state index contributed by atoms with van der Waals surface area (Å²) < 4.78 is 0. The van der Waals surface area contributed by atoms with Crippen molar-refractivity contribution in [2.45, 2.75) is 46.6 Å². The highest BCUT2D eigenvalue weighted by molar-refractivity contribution is 5.84. The van der Waals surface area contributed by atoms with Gasteiger partial charge in [0, 0.05) is 12.8 Å². The maximum Gasteiger partial charge on any atom is 0.151 e. The first kappa shape index (κ1) is 12.2. The molecule has 0 fully saturated rings. The van der Waals surface area contributed by atoms with Crippen LogP contribution in [0.4, 0.5) is 0 Å². The first-order valence-electron chi connectivity index (χ1n) is 4.57. The first-order valence-corrected chi connectivity index (χ1v) is 4.57. The zero-order chi connectivity index (χ0) is 10.5. The monoisotopic (exact) mass is 181 g/mol. The van der Waals surface area contributed by atoms with Crippen LogP contribution >= 0.6 is 0 Å². The average Bonchev–Trinajstić information content (AvgIpc) is 2.01. The number of rotatable bonds is 3. The van der Waals surface area contributed by atoms with Gasteiger partial charge in [-0.1, -0.05) is 20.8 Å². The Morgan fingerprint density at radius 1 is 1.46 bits per heavy atom. The quantitative estimate of drug-likeness (QED) is 0.674. The number of ketones is 1. The van der Waals surface area contributed by atoms with Crippen molar-refractivity contribution in [3.05, 3.63) is 0 Å². The van der Waals surface area contributed by atoms with Gasteiger partial charge in [-0.05, 0) is 12.3 Å². The van der Waals surface area contributed by atoms with Gasteiger partial charge in [-0.15, -0.1) is 11.8 Å². The number of carbonyl (C=O) groups excluding carboxylic acids is 1. The molecule has 0 bridgehead atoms. The Bertz CT molecular complexity index is 227. The van der Waals surface area contributed by atoms with Crippen molar-refractivity contribution in [1.29, 1.82) is 0 Å². The second-order valence-electron chi connectivity index (χ2n) is 4.24. The molecule has 0 aliphatic carbocycles. The normalized spacial score (nSPS) is 13.0. The molecule has 0 heterocycles. The van der Waals surface area contributed by atoms with Crippen molar-refractivity contribution in [3.8, 4) is 11.8 Å². The van der Waals surface area contributed by atoms with E-state index in [1.165, 1.54) is 0 Å². The highest BCUT2D eigenvalue weighted by atomic mass is 16.1. The molecule has 1 unspecified atom stereocenters. The molecule has 0 amide bonds. The fraction of sp³-hybridized carbons (Fsp3) is 0.727. The van der Waals surface area contributed by atoms with E-state index in [1.54, 1.807) is 6.92 Å². The lowest BCUT2D eigenvalue weighted by atomic mass is 9.84. The van der Waals surface area contributed by atoms with Crippen LogP contribution in [0.5, 0.6) is 0 Å². The van der Waals surface area contributed by atoms with Crippen LogP contribution in [-0.4, -0.2) is 11.8 Å². The highest BCUT2D eigenvalue weighted by Gasteiger charge is 2.26. The van der Waals surface area contributed by atoms with Crippen molar-refractivity contribution in [1.82, 2.24) is 0 Å². The molecule has 0 saturated carbocycles. The number of Topliss-reactive ketones (excluding diaryl/α,β-unsaturated/α-hetero) is 1. The van der Waals surface area contributed by atoms with E-state index in [1.807, 2.05) is 20.8 Å².